The molecule has 1 aliphatic rings. The average molecular weight is 352 g/mol. The summed E-state index contributed by atoms with van der Waals surface area (Å²) in [5, 5.41) is 13.0. The summed E-state index contributed by atoms with van der Waals surface area (Å²) in [4.78, 5) is 35.9. The third-order valence-electron chi connectivity index (χ3n) is 4.32. The topological polar surface area (TPSA) is 90.7 Å². The highest BCUT2D eigenvalue weighted by atomic mass is 16.3. The van der Waals surface area contributed by atoms with E-state index < -0.39 is 23.5 Å². The van der Waals surface area contributed by atoms with Gasteiger partial charge in [0, 0.05) is 30.4 Å². The van der Waals surface area contributed by atoms with Crippen LogP contribution in [0.1, 0.15) is 17.2 Å². The fourth-order valence-corrected chi connectivity index (χ4v) is 2.99. The molecule has 3 heterocycles. The first-order valence-electron chi connectivity index (χ1n) is 8.36. The highest BCUT2D eigenvalue weighted by molar-refractivity contribution is 6.46. The monoisotopic (exact) mass is 352 g/mol. The second-order valence-electron chi connectivity index (χ2n) is 6.45. The fourth-order valence-electron chi connectivity index (χ4n) is 2.99. The van der Waals surface area contributed by atoms with Gasteiger partial charge in [-0.1, -0.05) is 11.8 Å². The van der Waals surface area contributed by atoms with Gasteiger partial charge in [0.25, 0.3) is 5.91 Å². The van der Waals surface area contributed by atoms with Gasteiger partial charge in [-0.15, -0.1) is 0 Å². The third kappa shape index (κ3) is 3.34. The van der Waals surface area contributed by atoms with E-state index in [1.165, 1.54) is 17.3 Å². The molecule has 0 saturated carbocycles. The molecule has 1 saturated heterocycles. The van der Waals surface area contributed by atoms with E-state index >= 15 is 0 Å². The van der Waals surface area contributed by atoms with Crippen molar-refractivity contribution in [1.29, 1.82) is 0 Å². The van der Waals surface area contributed by atoms with Crippen LogP contribution in [0.2, 0.25) is 0 Å². The molecule has 26 heavy (non-hydrogen) atoms. The standard InChI is InChI=1S/C19H20N4O3/c1-22(2)10-11-23-16(14-4-3-7-21-12-14)15(18(25)19(23)26)17(24)13-5-8-20-9-6-13/h3-9,12,16,24H,10-11H2,1-2H3. The number of rotatable bonds is 5. The number of likely N-dealkylation sites (tertiary alicyclic amines) is 1. The van der Waals surface area contributed by atoms with Crippen LogP contribution in [-0.2, 0) is 9.59 Å². The Kier molecular flexibility index (Phi) is 5.09. The lowest BCUT2D eigenvalue weighted by Crippen LogP contribution is -3.06. The number of Topliss-reactive ketones (excluding diaryl/α,β-unsaturated/α-hetero) is 1. The molecular weight excluding hydrogens is 332 g/mol. The number of nitrogens with zero attached hydrogens (tertiary/aromatic N) is 3. The van der Waals surface area contributed by atoms with Crippen LogP contribution in [0.3, 0.4) is 0 Å². The molecule has 3 rings (SSSR count). The van der Waals surface area contributed by atoms with Gasteiger partial charge < -0.3 is 14.9 Å². The molecule has 0 bridgehead atoms. The van der Waals surface area contributed by atoms with Gasteiger partial charge in [0.2, 0.25) is 5.78 Å². The number of carbonyl (C=O) groups excluding carboxylic acids is 2. The molecule has 2 aromatic heterocycles. The number of quaternary nitrogens is 1. The summed E-state index contributed by atoms with van der Waals surface area (Å²) in [7, 11) is 3.93. The molecular formula is C19H20N4O3. The quantitative estimate of drug-likeness (QED) is 0.417. The molecule has 0 spiro atoms. The first kappa shape index (κ1) is 17.8. The van der Waals surface area contributed by atoms with Crippen molar-refractivity contribution in [3.8, 4) is 0 Å². The lowest BCUT2D eigenvalue weighted by molar-refractivity contribution is -0.857. The summed E-state index contributed by atoms with van der Waals surface area (Å²) >= 11 is 0. The molecule has 1 aliphatic heterocycles. The first-order chi connectivity index (χ1) is 12.5. The predicted molar refractivity (Wildman–Crippen MR) is 92.5 cm³/mol. The Morgan fingerprint density at radius 2 is 1.88 bits per heavy atom. The van der Waals surface area contributed by atoms with E-state index in [1.807, 2.05) is 14.1 Å². The zero-order chi connectivity index (χ0) is 18.7. The number of likely N-dealkylation sites (N-methyl/N-ethyl adjacent to an activating group) is 1. The molecule has 134 valence electrons. The third-order valence-corrected chi connectivity index (χ3v) is 4.32. The second-order valence-corrected chi connectivity index (χ2v) is 6.45. The molecule has 0 aromatic carbocycles. The van der Waals surface area contributed by atoms with Crippen LogP contribution in [-0.4, -0.2) is 53.7 Å². The van der Waals surface area contributed by atoms with Crippen LogP contribution < -0.4 is 10.0 Å². The highest BCUT2D eigenvalue weighted by Gasteiger charge is 2.44. The van der Waals surface area contributed by atoms with E-state index in [0.29, 0.717) is 24.2 Å². The maximum absolute atomic E-state index is 13.0. The van der Waals surface area contributed by atoms with Gasteiger partial charge in [-0.05, 0) is 29.3 Å². The van der Waals surface area contributed by atoms with Crippen LogP contribution in [0.5, 0.6) is 0 Å². The molecule has 2 aromatic rings. The van der Waals surface area contributed by atoms with Gasteiger partial charge in [0.05, 0.1) is 33.2 Å². The van der Waals surface area contributed by atoms with Crippen molar-refractivity contribution < 1.29 is 19.6 Å². The van der Waals surface area contributed by atoms with E-state index in [0.717, 1.165) is 4.90 Å². The minimum absolute atomic E-state index is 0.0250. The van der Waals surface area contributed by atoms with E-state index in [-0.39, 0.29) is 5.57 Å². The van der Waals surface area contributed by atoms with E-state index in [2.05, 4.69) is 9.97 Å². The van der Waals surface area contributed by atoms with E-state index in [4.69, 9.17) is 0 Å². The molecule has 1 unspecified atom stereocenters. The molecule has 7 nitrogen and oxygen atoms in total. The van der Waals surface area contributed by atoms with Gasteiger partial charge >= 0.3 is 0 Å². The van der Waals surface area contributed by atoms with E-state index in [9.17, 15) is 14.7 Å². The Balaban J connectivity index is 2.12. The molecule has 1 N–H and O–H groups in total. The Morgan fingerprint density at radius 1 is 1.15 bits per heavy atom. The Labute approximate surface area is 151 Å². The molecule has 1 atom stereocenters. The minimum atomic E-state index is -0.741. The summed E-state index contributed by atoms with van der Waals surface area (Å²) in [6, 6.07) is 5.87. The van der Waals surface area contributed by atoms with Gasteiger partial charge in [-0.3, -0.25) is 19.6 Å². The fraction of sp³-hybridized carbons (Fsp3) is 0.263. The zero-order valence-electron chi connectivity index (χ0n) is 14.7. The normalized spacial score (nSPS) is 19.3. The van der Waals surface area contributed by atoms with Gasteiger partial charge in [-0.2, -0.15) is 0 Å². The Bertz CT molecular complexity index is 834. The van der Waals surface area contributed by atoms with Crippen molar-refractivity contribution >= 4 is 17.4 Å². The first-order valence-corrected chi connectivity index (χ1v) is 8.36. The lowest BCUT2D eigenvalue weighted by atomic mass is 9.96. The number of carbonyl (C=O) groups is 2. The summed E-state index contributed by atoms with van der Waals surface area (Å²) < 4.78 is 0. The van der Waals surface area contributed by atoms with Crippen LogP contribution in [0.4, 0.5) is 0 Å². The Morgan fingerprint density at radius 3 is 2.50 bits per heavy atom. The SMILES string of the molecule is C[NH+](C)CCN1C(=O)C(=O)C(=C([O-])c2ccncc2)C1c1cccnc1. The molecule has 1 amide bonds. The summed E-state index contributed by atoms with van der Waals surface area (Å²) in [6.07, 6.45) is 6.18. The number of ketones is 1. The average Bonchev–Trinajstić information content (AvgIpc) is 2.91. The molecule has 7 heteroatoms. The second kappa shape index (κ2) is 7.45. The Hall–Kier alpha value is -3.06. The van der Waals surface area contributed by atoms with Crippen molar-refractivity contribution in [2.45, 2.75) is 6.04 Å². The smallest absolute Gasteiger partial charge is 0.295 e. The van der Waals surface area contributed by atoms with Crippen molar-refractivity contribution in [3.63, 3.8) is 0 Å². The number of amides is 1. The van der Waals surface area contributed by atoms with Gasteiger partial charge in [0.1, 0.15) is 0 Å². The number of aromatic nitrogens is 2. The van der Waals surface area contributed by atoms with Crippen LogP contribution >= 0.6 is 0 Å². The molecule has 0 radical (unpaired) electrons. The predicted octanol–water partition coefficient (Wildman–Crippen LogP) is -1.15. The maximum atomic E-state index is 13.0. The summed E-state index contributed by atoms with van der Waals surface area (Å²) in [5.74, 6) is -1.83. The van der Waals surface area contributed by atoms with Gasteiger partial charge in [-0.25, -0.2) is 0 Å². The largest absolute Gasteiger partial charge is 0.872 e. The van der Waals surface area contributed by atoms with Crippen LogP contribution in [0, 0.1) is 0 Å². The number of hydrogen-bond acceptors (Lipinski definition) is 5. The van der Waals surface area contributed by atoms with Crippen molar-refractivity contribution in [3.05, 3.63) is 65.8 Å². The zero-order valence-corrected chi connectivity index (χ0v) is 14.7. The number of hydrogen-bond donors (Lipinski definition) is 1. The van der Waals surface area contributed by atoms with Crippen molar-refractivity contribution in [2.75, 3.05) is 27.2 Å². The van der Waals surface area contributed by atoms with Crippen molar-refractivity contribution in [2.24, 2.45) is 0 Å². The summed E-state index contributed by atoms with van der Waals surface area (Å²) in [6.45, 7) is 1.03. The van der Waals surface area contributed by atoms with Crippen LogP contribution in [0.15, 0.2) is 54.6 Å². The highest BCUT2D eigenvalue weighted by Crippen LogP contribution is 2.37. The van der Waals surface area contributed by atoms with Crippen LogP contribution in [0.25, 0.3) is 5.76 Å². The number of nitrogens with one attached hydrogen (secondary N) is 1. The van der Waals surface area contributed by atoms with Crippen molar-refractivity contribution in [1.82, 2.24) is 14.9 Å². The maximum Gasteiger partial charge on any atom is 0.295 e. The van der Waals surface area contributed by atoms with Gasteiger partial charge in [0.15, 0.2) is 0 Å². The number of pyridine rings is 2. The summed E-state index contributed by atoms with van der Waals surface area (Å²) in [5.41, 5.74) is 0.964. The molecule has 1 fully saturated rings. The van der Waals surface area contributed by atoms with E-state index in [1.54, 1.807) is 36.7 Å². The molecule has 0 aliphatic carbocycles. The lowest BCUT2D eigenvalue weighted by Gasteiger charge is -2.27. The minimum Gasteiger partial charge on any atom is -0.872 e.